The van der Waals surface area contributed by atoms with Gasteiger partial charge in [0.25, 0.3) is 0 Å². The Labute approximate surface area is 102 Å². The van der Waals surface area contributed by atoms with Crippen LogP contribution in [0.1, 0.15) is 30.7 Å². The molecule has 0 bridgehead atoms. The smallest absolute Gasteiger partial charge is 0.0965 e. The van der Waals surface area contributed by atoms with E-state index in [1.807, 2.05) is 6.20 Å². The van der Waals surface area contributed by atoms with Crippen LogP contribution in [0.2, 0.25) is 0 Å². The average Bonchev–Trinajstić information content (AvgIpc) is 2.84. The third-order valence-electron chi connectivity index (χ3n) is 3.22. The van der Waals surface area contributed by atoms with Crippen molar-refractivity contribution in [3.05, 3.63) is 16.6 Å². The van der Waals surface area contributed by atoms with Crippen LogP contribution in [0.15, 0.2) is 11.6 Å². The third kappa shape index (κ3) is 3.54. The molecule has 2 N–H and O–H groups in total. The zero-order valence-electron chi connectivity index (χ0n) is 9.91. The lowest BCUT2D eigenvalue weighted by atomic mass is 9.98. The first-order valence-electron chi connectivity index (χ1n) is 6.17. The quantitative estimate of drug-likeness (QED) is 0.823. The number of piperidine rings is 1. The molecular formula is C12H21N3S. The molecule has 1 atom stereocenters. The van der Waals surface area contributed by atoms with Gasteiger partial charge in [-0.3, -0.25) is 0 Å². The summed E-state index contributed by atoms with van der Waals surface area (Å²) in [5, 5.41) is 10.3. The Hall–Kier alpha value is -0.450. The molecule has 1 aliphatic heterocycles. The maximum Gasteiger partial charge on any atom is 0.0965 e. The number of aromatic nitrogens is 1. The van der Waals surface area contributed by atoms with Crippen molar-refractivity contribution < 1.29 is 0 Å². The standard InChI is InChI=1S/C12H21N3S/c1-10(12-15-6-7-16-12)8-14-9-11-2-4-13-5-3-11/h6-7,10-11,13-14H,2-5,8-9H2,1H3. The number of hydrogen-bond acceptors (Lipinski definition) is 4. The number of nitrogens with one attached hydrogen (secondary N) is 2. The van der Waals surface area contributed by atoms with Crippen molar-refractivity contribution in [2.75, 3.05) is 26.2 Å². The Morgan fingerprint density at radius 2 is 2.38 bits per heavy atom. The van der Waals surface area contributed by atoms with E-state index in [-0.39, 0.29) is 0 Å². The van der Waals surface area contributed by atoms with Crippen LogP contribution < -0.4 is 10.6 Å². The zero-order chi connectivity index (χ0) is 11.2. The molecule has 0 saturated carbocycles. The van der Waals surface area contributed by atoms with Gasteiger partial charge in [0.15, 0.2) is 0 Å². The first kappa shape index (κ1) is 12.0. The van der Waals surface area contributed by atoms with Crippen LogP contribution in [0, 0.1) is 5.92 Å². The molecule has 1 aromatic rings. The van der Waals surface area contributed by atoms with E-state index >= 15 is 0 Å². The van der Waals surface area contributed by atoms with Gasteiger partial charge in [-0.05, 0) is 38.4 Å². The van der Waals surface area contributed by atoms with E-state index in [0.717, 1.165) is 19.0 Å². The fourth-order valence-corrected chi connectivity index (χ4v) is 2.85. The summed E-state index contributed by atoms with van der Waals surface area (Å²) in [6.45, 7) is 6.84. The molecule has 0 aliphatic carbocycles. The summed E-state index contributed by atoms with van der Waals surface area (Å²) in [6, 6.07) is 0. The highest BCUT2D eigenvalue weighted by atomic mass is 32.1. The van der Waals surface area contributed by atoms with E-state index in [0.29, 0.717) is 5.92 Å². The molecular weight excluding hydrogens is 218 g/mol. The van der Waals surface area contributed by atoms with E-state index in [1.165, 1.54) is 30.9 Å². The summed E-state index contributed by atoms with van der Waals surface area (Å²) in [5.41, 5.74) is 0. The minimum atomic E-state index is 0.543. The van der Waals surface area contributed by atoms with Gasteiger partial charge in [0.05, 0.1) is 5.01 Å². The molecule has 1 fully saturated rings. The van der Waals surface area contributed by atoms with Crippen LogP contribution in [0.5, 0.6) is 0 Å². The average molecular weight is 239 g/mol. The summed E-state index contributed by atoms with van der Waals surface area (Å²) < 4.78 is 0. The van der Waals surface area contributed by atoms with Gasteiger partial charge in [-0.1, -0.05) is 6.92 Å². The first-order chi connectivity index (χ1) is 7.86. The Balaban J connectivity index is 1.63. The summed E-state index contributed by atoms with van der Waals surface area (Å²) >= 11 is 1.76. The van der Waals surface area contributed by atoms with Crippen LogP contribution in [-0.2, 0) is 0 Å². The molecule has 1 aromatic heterocycles. The Morgan fingerprint density at radius 3 is 3.06 bits per heavy atom. The van der Waals surface area contributed by atoms with Gasteiger partial charge < -0.3 is 10.6 Å². The predicted octanol–water partition coefficient (Wildman–Crippen LogP) is 1.84. The highest BCUT2D eigenvalue weighted by Gasteiger charge is 2.13. The van der Waals surface area contributed by atoms with Crippen molar-refractivity contribution in [1.82, 2.24) is 15.6 Å². The fraction of sp³-hybridized carbons (Fsp3) is 0.750. The van der Waals surface area contributed by atoms with Crippen molar-refractivity contribution in [2.45, 2.75) is 25.7 Å². The lowest BCUT2D eigenvalue weighted by molar-refractivity contribution is 0.354. The van der Waals surface area contributed by atoms with Crippen LogP contribution >= 0.6 is 11.3 Å². The summed E-state index contributed by atoms with van der Waals surface area (Å²) in [6.07, 6.45) is 4.53. The molecule has 2 rings (SSSR count). The van der Waals surface area contributed by atoms with Gasteiger partial charge in [-0.25, -0.2) is 4.98 Å². The summed E-state index contributed by atoms with van der Waals surface area (Å²) in [5.74, 6) is 1.41. The van der Waals surface area contributed by atoms with E-state index in [9.17, 15) is 0 Å². The van der Waals surface area contributed by atoms with E-state index < -0.39 is 0 Å². The van der Waals surface area contributed by atoms with Gasteiger partial charge in [0.2, 0.25) is 0 Å². The maximum absolute atomic E-state index is 4.35. The van der Waals surface area contributed by atoms with Gasteiger partial charge in [-0.2, -0.15) is 0 Å². The normalized spacial score (nSPS) is 19.8. The second kappa shape index (κ2) is 6.33. The molecule has 90 valence electrons. The maximum atomic E-state index is 4.35. The number of thiazole rings is 1. The van der Waals surface area contributed by atoms with Gasteiger partial charge in [0, 0.05) is 24.0 Å². The van der Waals surface area contributed by atoms with Gasteiger partial charge >= 0.3 is 0 Å². The molecule has 2 heterocycles. The predicted molar refractivity (Wildman–Crippen MR) is 69.0 cm³/mol. The van der Waals surface area contributed by atoms with Crippen LogP contribution in [0.4, 0.5) is 0 Å². The highest BCUT2D eigenvalue weighted by molar-refractivity contribution is 7.09. The zero-order valence-corrected chi connectivity index (χ0v) is 10.7. The first-order valence-corrected chi connectivity index (χ1v) is 7.05. The van der Waals surface area contributed by atoms with Crippen molar-refractivity contribution in [3.8, 4) is 0 Å². The number of nitrogens with zero attached hydrogens (tertiary/aromatic N) is 1. The van der Waals surface area contributed by atoms with Crippen LogP contribution in [0.3, 0.4) is 0 Å². The second-order valence-corrected chi connectivity index (χ2v) is 5.55. The highest BCUT2D eigenvalue weighted by Crippen LogP contribution is 2.17. The van der Waals surface area contributed by atoms with Crippen molar-refractivity contribution in [2.24, 2.45) is 5.92 Å². The minimum Gasteiger partial charge on any atom is -0.317 e. The SMILES string of the molecule is CC(CNCC1CCNCC1)c1nccs1. The van der Waals surface area contributed by atoms with Crippen LogP contribution in [-0.4, -0.2) is 31.2 Å². The molecule has 0 radical (unpaired) electrons. The van der Waals surface area contributed by atoms with Crippen molar-refractivity contribution >= 4 is 11.3 Å². The molecule has 0 aromatic carbocycles. The van der Waals surface area contributed by atoms with Crippen molar-refractivity contribution in [3.63, 3.8) is 0 Å². The molecule has 4 heteroatoms. The molecule has 16 heavy (non-hydrogen) atoms. The van der Waals surface area contributed by atoms with Crippen molar-refractivity contribution in [1.29, 1.82) is 0 Å². The largest absolute Gasteiger partial charge is 0.317 e. The number of hydrogen-bond donors (Lipinski definition) is 2. The van der Waals surface area contributed by atoms with Crippen LogP contribution in [0.25, 0.3) is 0 Å². The van der Waals surface area contributed by atoms with E-state index in [2.05, 4.69) is 27.9 Å². The molecule has 0 amide bonds. The Morgan fingerprint density at radius 1 is 1.56 bits per heavy atom. The molecule has 0 spiro atoms. The van der Waals surface area contributed by atoms with E-state index in [4.69, 9.17) is 0 Å². The van der Waals surface area contributed by atoms with Gasteiger partial charge in [0.1, 0.15) is 0 Å². The lowest BCUT2D eigenvalue weighted by Crippen LogP contribution is -2.34. The summed E-state index contributed by atoms with van der Waals surface area (Å²) in [4.78, 5) is 4.35. The topological polar surface area (TPSA) is 37.0 Å². The lowest BCUT2D eigenvalue weighted by Gasteiger charge is -2.23. The molecule has 1 saturated heterocycles. The second-order valence-electron chi connectivity index (χ2n) is 4.62. The van der Waals surface area contributed by atoms with E-state index in [1.54, 1.807) is 11.3 Å². The Kier molecular flexibility index (Phi) is 4.75. The van der Waals surface area contributed by atoms with Gasteiger partial charge in [-0.15, -0.1) is 11.3 Å². The molecule has 1 unspecified atom stereocenters. The fourth-order valence-electron chi connectivity index (χ4n) is 2.15. The third-order valence-corrected chi connectivity index (χ3v) is 4.22. The Bertz CT molecular complexity index is 280. The monoisotopic (exact) mass is 239 g/mol. The number of rotatable bonds is 5. The molecule has 1 aliphatic rings. The minimum absolute atomic E-state index is 0.543. The summed E-state index contributed by atoms with van der Waals surface area (Å²) in [7, 11) is 0. The molecule has 3 nitrogen and oxygen atoms in total.